The molecule has 2 bridgehead atoms. The predicted octanol–water partition coefficient (Wildman–Crippen LogP) is 4.19. The Labute approximate surface area is 150 Å². The van der Waals surface area contributed by atoms with Gasteiger partial charge in [0.15, 0.2) is 0 Å². The highest BCUT2D eigenvalue weighted by atomic mass is 31.2. The van der Waals surface area contributed by atoms with Gasteiger partial charge in [-0.05, 0) is 29.6 Å². The van der Waals surface area contributed by atoms with Gasteiger partial charge >= 0.3 is 0 Å². The van der Waals surface area contributed by atoms with Crippen molar-refractivity contribution in [2.75, 3.05) is 0 Å². The maximum Gasteiger partial charge on any atom is 0.149 e. The summed E-state index contributed by atoms with van der Waals surface area (Å²) in [4.78, 5) is 0. The SMILES string of the molecule is CC1(C)C2CCC1(C)C(O)C2P(=O)(c1ccccc1)c1ccccc1. The molecule has 4 unspecified atom stereocenters. The third-order valence-electron chi connectivity index (χ3n) is 7.46. The quantitative estimate of drug-likeness (QED) is 0.840. The van der Waals surface area contributed by atoms with Crippen LogP contribution in [0.25, 0.3) is 0 Å². The first-order valence-corrected chi connectivity index (χ1v) is 11.0. The molecular formula is C22H27O2P. The van der Waals surface area contributed by atoms with Crippen molar-refractivity contribution in [3.8, 4) is 0 Å². The fourth-order valence-corrected chi connectivity index (χ4v) is 9.50. The Hall–Kier alpha value is -1.37. The van der Waals surface area contributed by atoms with Gasteiger partial charge in [0.05, 0.1) is 11.8 Å². The van der Waals surface area contributed by atoms with Gasteiger partial charge in [-0.25, -0.2) is 0 Å². The normalized spacial score (nSPS) is 33.5. The van der Waals surface area contributed by atoms with Gasteiger partial charge in [-0.15, -0.1) is 0 Å². The molecule has 0 spiro atoms. The Morgan fingerprint density at radius 1 is 0.920 bits per heavy atom. The van der Waals surface area contributed by atoms with E-state index in [9.17, 15) is 9.67 Å². The molecule has 0 heterocycles. The molecular weight excluding hydrogens is 327 g/mol. The third kappa shape index (κ3) is 2.11. The molecule has 2 aliphatic rings. The van der Waals surface area contributed by atoms with Gasteiger partial charge in [0.25, 0.3) is 0 Å². The summed E-state index contributed by atoms with van der Waals surface area (Å²) in [5, 5.41) is 13.1. The summed E-state index contributed by atoms with van der Waals surface area (Å²) in [5.41, 5.74) is -0.372. The summed E-state index contributed by atoms with van der Waals surface area (Å²) in [7, 11) is -2.94. The van der Waals surface area contributed by atoms with Crippen LogP contribution in [-0.2, 0) is 4.57 Å². The monoisotopic (exact) mass is 354 g/mol. The molecule has 2 aliphatic carbocycles. The van der Waals surface area contributed by atoms with Crippen molar-refractivity contribution in [2.24, 2.45) is 16.7 Å². The van der Waals surface area contributed by atoms with Gasteiger partial charge in [-0.2, -0.15) is 0 Å². The second kappa shape index (κ2) is 5.56. The maximum atomic E-state index is 14.7. The van der Waals surface area contributed by atoms with Crippen LogP contribution in [0.5, 0.6) is 0 Å². The zero-order chi connectivity index (χ0) is 17.9. The van der Waals surface area contributed by atoms with Crippen LogP contribution in [0.3, 0.4) is 0 Å². The highest BCUT2D eigenvalue weighted by Crippen LogP contribution is 2.73. The number of benzene rings is 2. The summed E-state index contributed by atoms with van der Waals surface area (Å²) in [6.45, 7) is 6.71. The van der Waals surface area contributed by atoms with Crippen molar-refractivity contribution in [1.29, 1.82) is 0 Å². The zero-order valence-corrected chi connectivity index (χ0v) is 16.1. The first-order chi connectivity index (χ1) is 11.8. The van der Waals surface area contributed by atoms with E-state index in [4.69, 9.17) is 0 Å². The van der Waals surface area contributed by atoms with Gasteiger partial charge in [0.1, 0.15) is 7.14 Å². The molecule has 132 valence electrons. The molecule has 3 heteroatoms. The fraction of sp³-hybridized carbons (Fsp3) is 0.455. The number of rotatable bonds is 3. The second-order valence-corrected chi connectivity index (χ2v) is 11.5. The minimum absolute atomic E-state index is 0.00367. The van der Waals surface area contributed by atoms with Crippen molar-refractivity contribution >= 4 is 17.8 Å². The second-order valence-electron chi connectivity index (χ2n) is 8.55. The van der Waals surface area contributed by atoms with Crippen LogP contribution >= 0.6 is 7.14 Å². The van der Waals surface area contributed by atoms with E-state index in [1.54, 1.807) is 0 Å². The number of aliphatic hydroxyl groups is 1. The summed E-state index contributed by atoms with van der Waals surface area (Å²) >= 11 is 0. The van der Waals surface area contributed by atoms with E-state index >= 15 is 0 Å². The lowest BCUT2D eigenvalue weighted by Crippen LogP contribution is -2.42. The van der Waals surface area contributed by atoms with Crippen LogP contribution in [0.2, 0.25) is 0 Å². The van der Waals surface area contributed by atoms with Gasteiger partial charge in [-0.3, -0.25) is 0 Å². The fourth-order valence-electron chi connectivity index (χ4n) is 5.53. The molecule has 0 amide bonds. The van der Waals surface area contributed by atoms with Crippen molar-refractivity contribution in [2.45, 2.75) is 45.4 Å². The summed E-state index contributed by atoms with van der Waals surface area (Å²) < 4.78 is 14.7. The molecule has 0 aliphatic heterocycles. The predicted molar refractivity (Wildman–Crippen MR) is 104 cm³/mol. The molecule has 4 rings (SSSR count). The molecule has 0 aromatic heterocycles. The Balaban J connectivity index is 1.94. The van der Waals surface area contributed by atoms with Crippen LogP contribution in [0.4, 0.5) is 0 Å². The van der Waals surface area contributed by atoms with E-state index < -0.39 is 13.2 Å². The van der Waals surface area contributed by atoms with Gasteiger partial charge in [0, 0.05) is 10.6 Å². The van der Waals surface area contributed by atoms with E-state index in [0.29, 0.717) is 0 Å². The molecule has 1 N–H and O–H groups in total. The maximum absolute atomic E-state index is 14.7. The van der Waals surface area contributed by atoms with Gasteiger partial charge < -0.3 is 9.67 Å². The average Bonchev–Trinajstić information content (AvgIpc) is 2.95. The van der Waals surface area contributed by atoms with Crippen LogP contribution in [0.1, 0.15) is 33.6 Å². The molecule has 2 nitrogen and oxygen atoms in total. The topological polar surface area (TPSA) is 37.3 Å². The molecule has 2 aromatic rings. The van der Waals surface area contributed by atoms with Crippen molar-refractivity contribution in [3.05, 3.63) is 60.7 Å². The lowest BCUT2D eigenvalue weighted by molar-refractivity contribution is 0.0139. The number of hydrogen-bond acceptors (Lipinski definition) is 2. The average molecular weight is 354 g/mol. The molecule has 2 aromatic carbocycles. The van der Waals surface area contributed by atoms with Crippen molar-refractivity contribution in [3.63, 3.8) is 0 Å². The van der Waals surface area contributed by atoms with E-state index in [2.05, 4.69) is 20.8 Å². The zero-order valence-electron chi connectivity index (χ0n) is 15.2. The molecule has 25 heavy (non-hydrogen) atoms. The third-order valence-corrected chi connectivity index (χ3v) is 11.1. The Kier molecular flexibility index (Phi) is 3.80. The highest BCUT2D eigenvalue weighted by molar-refractivity contribution is 7.79. The first kappa shape index (κ1) is 17.1. The Morgan fingerprint density at radius 3 is 1.80 bits per heavy atom. The molecule has 2 fully saturated rings. The lowest BCUT2D eigenvalue weighted by atomic mass is 9.70. The van der Waals surface area contributed by atoms with E-state index in [-0.39, 0.29) is 22.4 Å². The Bertz CT molecular complexity index is 771. The largest absolute Gasteiger partial charge is 0.392 e. The molecule has 0 radical (unpaired) electrons. The Morgan fingerprint density at radius 2 is 1.40 bits per heavy atom. The highest BCUT2D eigenvalue weighted by Gasteiger charge is 2.69. The van der Waals surface area contributed by atoms with Crippen LogP contribution < -0.4 is 10.6 Å². The number of hydrogen-bond donors (Lipinski definition) is 1. The number of aliphatic hydroxyl groups excluding tert-OH is 1. The van der Waals surface area contributed by atoms with E-state index in [1.807, 2.05) is 60.7 Å². The molecule has 4 atom stereocenters. The summed E-state index contributed by atoms with van der Waals surface area (Å²) in [6, 6.07) is 19.6. The van der Waals surface area contributed by atoms with Crippen molar-refractivity contribution in [1.82, 2.24) is 0 Å². The van der Waals surface area contributed by atoms with E-state index in [1.165, 1.54) is 0 Å². The standard InChI is InChI=1S/C22H27O2P/c1-21(2)18-14-15-22(21,3)20(23)19(18)25(24,16-10-6-4-7-11-16)17-12-8-5-9-13-17/h4-13,18-20,23H,14-15H2,1-3H3. The van der Waals surface area contributed by atoms with Gasteiger partial charge in [-0.1, -0.05) is 81.4 Å². The van der Waals surface area contributed by atoms with Crippen LogP contribution in [0, 0.1) is 16.7 Å². The lowest BCUT2D eigenvalue weighted by Gasteiger charge is -2.39. The van der Waals surface area contributed by atoms with Gasteiger partial charge in [0.2, 0.25) is 0 Å². The van der Waals surface area contributed by atoms with Crippen LogP contribution in [0.15, 0.2) is 60.7 Å². The smallest absolute Gasteiger partial charge is 0.149 e. The summed E-state index contributed by atoms with van der Waals surface area (Å²) in [6.07, 6.45) is 1.54. The first-order valence-electron chi connectivity index (χ1n) is 9.22. The molecule has 0 saturated heterocycles. The minimum Gasteiger partial charge on any atom is -0.392 e. The minimum atomic E-state index is -2.94. The van der Waals surface area contributed by atoms with E-state index in [0.717, 1.165) is 23.5 Å². The van der Waals surface area contributed by atoms with Crippen molar-refractivity contribution < 1.29 is 9.67 Å². The number of fused-ring (bicyclic) bond motifs is 2. The molecule has 2 saturated carbocycles. The summed E-state index contributed by atoms with van der Waals surface area (Å²) in [5.74, 6) is 0.277. The van der Waals surface area contributed by atoms with Crippen LogP contribution in [-0.4, -0.2) is 16.9 Å².